The van der Waals surface area contributed by atoms with Gasteiger partial charge in [-0.1, -0.05) is 23.2 Å². The summed E-state index contributed by atoms with van der Waals surface area (Å²) in [6, 6.07) is 0. The predicted molar refractivity (Wildman–Crippen MR) is 59.7 cm³/mol. The molecule has 0 spiro atoms. The van der Waals surface area contributed by atoms with E-state index in [-0.39, 0.29) is 33.8 Å². The number of phenols is 2. The van der Waals surface area contributed by atoms with Crippen molar-refractivity contribution in [3.8, 4) is 11.5 Å². The SMILES string of the molecule is Cl.N=Nc1c(O)c(Cl)c(NN)c(O)c1Cl. The van der Waals surface area contributed by atoms with Gasteiger partial charge in [-0.2, -0.15) is 5.11 Å². The Morgan fingerprint density at radius 2 is 1.73 bits per heavy atom. The van der Waals surface area contributed by atoms with Crippen molar-refractivity contribution in [2.75, 3.05) is 5.43 Å². The van der Waals surface area contributed by atoms with E-state index in [1.54, 1.807) is 0 Å². The molecule has 0 fully saturated rings. The molecule has 1 rings (SSSR count). The number of rotatable bonds is 2. The molecule has 0 saturated carbocycles. The lowest BCUT2D eigenvalue weighted by Gasteiger charge is -2.11. The summed E-state index contributed by atoms with van der Waals surface area (Å²) in [4.78, 5) is 0. The minimum Gasteiger partial charge on any atom is -0.504 e. The van der Waals surface area contributed by atoms with Crippen LogP contribution in [0.1, 0.15) is 0 Å². The van der Waals surface area contributed by atoms with Crippen LogP contribution >= 0.6 is 35.6 Å². The second-order valence-corrected chi connectivity index (χ2v) is 3.06. The van der Waals surface area contributed by atoms with Crippen LogP contribution in [0.4, 0.5) is 11.4 Å². The van der Waals surface area contributed by atoms with Crippen LogP contribution in [0.5, 0.6) is 11.5 Å². The average Bonchev–Trinajstić information content (AvgIpc) is 2.17. The highest BCUT2D eigenvalue weighted by atomic mass is 35.5. The first-order chi connectivity index (χ1) is 6.54. The summed E-state index contributed by atoms with van der Waals surface area (Å²) < 4.78 is 0. The maximum absolute atomic E-state index is 9.40. The molecule has 15 heavy (non-hydrogen) atoms. The Morgan fingerprint density at radius 1 is 1.20 bits per heavy atom. The van der Waals surface area contributed by atoms with E-state index in [9.17, 15) is 10.2 Å². The fourth-order valence-corrected chi connectivity index (χ4v) is 1.35. The Balaban J connectivity index is 0.00000196. The van der Waals surface area contributed by atoms with Crippen LogP contribution in [-0.4, -0.2) is 10.2 Å². The zero-order valence-corrected chi connectivity index (χ0v) is 9.41. The second kappa shape index (κ2) is 5.22. The zero-order valence-electron chi connectivity index (χ0n) is 7.08. The van der Waals surface area contributed by atoms with Gasteiger partial charge in [0.05, 0.1) is 0 Å². The molecule has 84 valence electrons. The topological polar surface area (TPSA) is 115 Å². The van der Waals surface area contributed by atoms with Crippen LogP contribution < -0.4 is 11.3 Å². The maximum Gasteiger partial charge on any atom is 0.165 e. The number of benzene rings is 1. The summed E-state index contributed by atoms with van der Waals surface area (Å²) >= 11 is 11.2. The lowest BCUT2D eigenvalue weighted by Crippen LogP contribution is -2.07. The van der Waals surface area contributed by atoms with E-state index in [1.165, 1.54) is 0 Å². The quantitative estimate of drug-likeness (QED) is 0.187. The molecular formula is C6H7Cl3N4O2. The van der Waals surface area contributed by atoms with Crippen molar-refractivity contribution in [3.05, 3.63) is 10.0 Å². The standard InChI is InChI=1S/C6H6Cl2N4O2.ClH/c7-1-3(11-9)6(14)2(8)4(12-10)5(1)13;/h9,12-14H,10H2;1H. The fraction of sp³-hybridized carbons (Fsp3) is 0. The molecule has 0 aromatic heterocycles. The Bertz CT molecular complexity index is 369. The lowest BCUT2D eigenvalue weighted by molar-refractivity contribution is 0.463. The fourth-order valence-electron chi connectivity index (χ4n) is 0.886. The Hall–Kier alpha value is -0.950. The number of phenolic OH excluding ortho intramolecular Hbond substituents is 2. The van der Waals surface area contributed by atoms with Gasteiger partial charge in [0.1, 0.15) is 15.7 Å². The van der Waals surface area contributed by atoms with Gasteiger partial charge in [-0.15, -0.1) is 12.4 Å². The maximum atomic E-state index is 9.40. The molecule has 6 N–H and O–H groups in total. The number of nitrogens with one attached hydrogen (secondary N) is 2. The summed E-state index contributed by atoms with van der Waals surface area (Å²) in [5, 5.41) is 21.2. The molecule has 0 aliphatic carbocycles. The van der Waals surface area contributed by atoms with Gasteiger partial charge < -0.3 is 15.6 Å². The summed E-state index contributed by atoms with van der Waals surface area (Å²) in [5.74, 6) is 4.05. The van der Waals surface area contributed by atoms with Crippen molar-refractivity contribution >= 4 is 47.0 Å². The second-order valence-electron chi connectivity index (χ2n) is 2.30. The number of hydrogen-bond acceptors (Lipinski definition) is 6. The number of halogens is 3. The number of aromatic hydroxyl groups is 2. The molecule has 0 aliphatic heterocycles. The first kappa shape index (κ1) is 14.1. The summed E-state index contributed by atoms with van der Waals surface area (Å²) in [7, 11) is 0. The van der Waals surface area contributed by atoms with Crippen molar-refractivity contribution in [2.45, 2.75) is 0 Å². The third kappa shape index (κ3) is 2.18. The van der Waals surface area contributed by atoms with Gasteiger partial charge in [0.15, 0.2) is 17.2 Å². The summed E-state index contributed by atoms with van der Waals surface area (Å²) in [5.41, 5.74) is 8.34. The number of nitrogens with zero attached hydrogens (tertiary/aromatic N) is 1. The van der Waals surface area contributed by atoms with Gasteiger partial charge in [-0.05, 0) is 0 Å². The first-order valence-corrected chi connectivity index (χ1v) is 4.07. The highest BCUT2D eigenvalue weighted by Gasteiger charge is 2.20. The highest BCUT2D eigenvalue weighted by molar-refractivity contribution is 6.40. The monoisotopic (exact) mass is 272 g/mol. The van der Waals surface area contributed by atoms with E-state index in [0.717, 1.165) is 0 Å². The minimum absolute atomic E-state index is 0. The molecule has 1 aromatic carbocycles. The number of nitrogen functional groups attached to an aromatic ring is 1. The molecule has 9 heteroatoms. The molecule has 0 atom stereocenters. The molecule has 0 radical (unpaired) electrons. The van der Waals surface area contributed by atoms with E-state index in [2.05, 4.69) is 10.5 Å². The van der Waals surface area contributed by atoms with Crippen LogP contribution in [-0.2, 0) is 0 Å². The van der Waals surface area contributed by atoms with Gasteiger partial charge in [0, 0.05) is 0 Å². The normalized spacial score (nSPS) is 9.27. The zero-order chi connectivity index (χ0) is 10.9. The Morgan fingerprint density at radius 3 is 2.13 bits per heavy atom. The molecule has 6 nitrogen and oxygen atoms in total. The van der Waals surface area contributed by atoms with Crippen molar-refractivity contribution in [1.82, 2.24) is 0 Å². The van der Waals surface area contributed by atoms with Gasteiger partial charge >= 0.3 is 0 Å². The number of hydrogen-bond donors (Lipinski definition) is 5. The molecule has 0 heterocycles. The van der Waals surface area contributed by atoms with Crippen molar-refractivity contribution < 1.29 is 10.2 Å². The van der Waals surface area contributed by atoms with E-state index in [1.807, 2.05) is 0 Å². The molecule has 0 bridgehead atoms. The van der Waals surface area contributed by atoms with Crippen LogP contribution in [0.2, 0.25) is 10.0 Å². The number of anilines is 1. The number of hydrazine groups is 1. The molecule has 0 amide bonds. The van der Waals surface area contributed by atoms with Crippen LogP contribution in [0.15, 0.2) is 5.11 Å². The average molecular weight is 274 g/mol. The third-order valence-electron chi connectivity index (χ3n) is 1.56. The van der Waals surface area contributed by atoms with Gasteiger partial charge in [0.25, 0.3) is 0 Å². The summed E-state index contributed by atoms with van der Waals surface area (Å²) in [6.45, 7) is 0. The third-order valence-corrected chi connectivity index (χ3v) is 2.29. The molecular weight excluding hydrogens is 266 g/mol. The summed E-state index contributed by atoms with van der Waals surface area (Å²) in [6.07, 6.45) is 0. The molecule has 0 saturated heterocycles. The van der Waals surface area contributed by atoms with E-state index < -0.39 is 11.5 Å². The first-order valence-electron chi connectivity index (χ1n) is 3.31. The largest absolute Gasteiger partial charge is 0.504 e. The van der Waals surface area contributed by atoms with Crippen molar-refractivity contribution in [1.29, 1.82) is 5.53 Å². The van der Waals surface area contributed by atoms with E-state index in [0.29, 0.717) is 0 Å². The molecule has 0 aliphatic rings. The highest BCUT2D eigenvalue weighted by Crippen LogP contribution is 2.50. The van der Waals surface area contributed by atoms with Gasteiger partial charge in [-0.3, -0.25) is 5.84 Å². The van der Waals surface area contributed by atoms with E-state index in [4.69, 9.17) is 34.6 Å². The van der Waals surface area contributed by atoms with E-state index >= 15 is 0 Å². The molecule has 0 unspecified atom stereocenters. The van der Waals surface area contributed by atoms with Crippen LogP contribution in [0.25, 0.3) is 0 Å². The van der Waals surface area contributed by atoms with Crippen LogP contribution in [0, 0.1) is 5.53 Å². The Labute approximate surface area is 101 Å². The molecule has 1 aromatic rings. The van der Waals surface area contributed by atoms with Crippen molar-refractivity contribution in [3.63, 3.8) is 0 Å². The van der Waals surface area contributed by atoms with Crippen LogP contribution in [0.3, 0.4) is 0 Å². The number of nitrogens with two attached hydrogens (primary N) is 1. The van der Waals surface area contributed by atoms with Gasteiger partial charge in [-0.25, -0.2) is 5.53 Å². The minimum atomic E-state index is -0.516. The smallest absolute Gasteiger partial charge is 0.165 e. The Kier molecular flexibility index (Phi) is 4.89. The van der Waals surface area contributed by atoms with Crippen molar-refractivity contribution in [2.24, 2.45) is 11.0 Å². The lowest BCUT2D eigenvalue weighted by atomic mass is 10.2. The predicted octanol–water partition coefficient (Wildman–Crippen LogP) is 2.77. The van der Waals surface area contributed by atoms with Gasteiger partial charge in [0.2, 0.25) is 0 Å².